The van der Waals surface area contributed by atoms with Crippen LogP contribution in [0.3, 0.4) is 0 Å². The summed E-state index contributed by atoms with van der Waals surface area (Å²) in [6.45, 7) is 0. The number of halogens is 4. The van der Waals surface area contributed by atoms with Crippen molar-refractivity contribution >= 4 is 0 Å². The molecule has 2 atom stereocenters. The molecule has 1 aromatic carbocycles. The molecule has 18 heavy (non-hydrogen) atoms. The quantitative estimate of drug-likeness (QED) is 0.765. The van der Waals surface area contributed by atoms with Crippen LogP contribution in [0.15, 0.2) is 18.2 Å². The lowest BCUT2D eigenvalue weighted by atomic mass is 9.91. The molecule has 1 aliphatic rings. The minimum absolute atomic E-state index is 0.154. The second-order valence-corrected chi connectivity index (χ2v) is 4.73. The standard InChI is InChI=1S/C12H13F4NO/c13-10-5-7(1-2-9(10)12(14,15)16)11(18)4-3-8(17)6-11/h1-2,5,8,18H,3-4,6,17H2. The smallest absolute Gasteiger partial charge is 0.385 e. The molecule has 2 rings (SSSR count). The maximum absolute atomic E-state index is 13.4. The molecule has 1 aromatic rings. The average molecular weight is 263 g/mol. The van der Waals surface area contributed by atoms with Crippen molar-refractivity contribution in [2.24, 2.45) is 5.73 Å². The van der Waals surface area contributed by atoms with Gasteiger partial charge in [-0.3, -0.25) is 0 Å². The lowest BCUT2D eigenvalue weighted by Crippen LogP contribution is -2.26. The molecule has 0 radical (unpaired) electrons. The summed E-state index contributed by atoms with van der Waals surface area (Å²) in [6, 6.07) is 2.32. The van der Waals surface area contributed by atoms with E-state index in [4.69, 9.17) is 5.73 Å². The molecule has 0 amide bonds. The normalized spacial score (nSPS) is 28.7. The first kappa shape index (κ1) is 13.3. The Balaban J connectivity index is 2.35. The number of rotatable bonds is 1. The van der Waals surface area contributed by atoms with E-state index >= 15 is 0 Å². The van der Waals surface area contributed by atoms with Crippen LogP contribution in [0.2, 0.25) is 0 Å². The molecular weight excluding hydrogens is 250 g/mol. The molecule has 3 N–H and O–H groups in total. The van der Waals surface area contributed by atoms with Crippen molar-refractivity contribution in [3.8, 4) is 0 Å². The number of alkyl halides is 3. The summed E-state index contributed by atoms with van der Waals surface area (Å²) in [5.41, 5.74) is 3.17. The van der Waals surface area contributed by atoms with E-state index in [1.54, 1.807) is 0 Å². The Labute approximate surface area is 101 Å². The van der Waals surface area contributed by atoms with Crippen molar-refractivity contribution in [2.75, 3.05) is 0 Å². The van der Waals surface area contributed by atoms with Crippen LogP contribution in [0.1, 0.15) is 30.4 Å². The summed E-state index contributed by atoms with van der Waals surface area (Å²) in [4.78, 5) is 0. The Morgan fingerprint density at radius 3 is 2.44 bits per heavy atom. The first-order chi connectivity index (χ1) is 8.22. The average Bonchev–Trinajstić information content (AvgIpc) is 2.58. The molecule has 0 saturated heterocycles. The summed E-state index contributed by atoms with van der Waals surface area (Å²) in [6.07, 6.45) is -3.59. The highest BCUT2D eigenvalue weighted by molar-refractivity contribution is 5.31. The second-order valence-electron chi connectivity index (χ2n) is 4.73. The maximum Gasteiger partial charge on any atom is 0.419 e. The Morgan fingerprint density at radius 2 is 2.00 bits per heavy atom. The Hall–Kier alpha value is -1.14. The third-order valence-corrected chi connectivity index (χ3v) is 3.34. The fourth-order valence-electron chi connectivity index (χ4n) is 2.36. The van der Waals surface area contributed by atoms with Crippen LogP contribution < -0.4 is 5.73 Å². The van der Waals surface area contributed by atoms with Crippen molar-refractivity contribution in [1.82, 2.24) is 0 Å². The van der Waals surface area contributed by atoms with Crippen LogP contribution in [0.25, 0.3) is 0 Å². The minimum atomic E-state index is -4.72. The van der Waals surface area contributed by atoms with Crippen LogP contribution in [0.5, 0.6) is 0 Å². The molecule has 1 aliphatic carbocycles. The third-order valence-electron chi connectivity index (χ3n) is 3.34. The molecule has 6 heteroatoms. The van der Waals surface area contributed by atoms with E-state index in [9.17, 15) is 22.7 Å². The number of nitrogens with two attached hydrogens (primary N) is 1. The van der Waals surface area contributed by atoms with Crippen molar-refractivity contribution in [2.45, 2.75) is 37.1 Å². The van der Waals surface area contributed by atoms with Crippen molar-refractivity contribution in [1.29, 1.82) is 0 Å². The highest BCUT2D eigenvalue weighted by Gasteiger charge is 2.39. The van der Waals surface area contributed by atoms with Gasteiger partial charge < -0.3 is 10.8 Å². The number of hydrogen-bond acceptors (Lipinski definition) is 2. The van der Waals surface area contributed by atoms with Gasteiger partial charge in [0.1, 0.15) is 5.82 Å². The fraction of sp³-hybridized carbons (Fsp3) is 0.500. The molecule has 100 valence electrons. The number of hydrogen-bond donors (Lipinski definition) is 2. The molecule has 1 saturated carbocycles. The first-order valence-corrected chi connectivity index (χ1v) is 5.57. The zero-order valence-electron chi connectivity index (χ0n) is 9.47. The predicted molar refractivity (Wildman–Crippen MR) is 57.1 cm³/mol. The Kier molecular flexibility index (Phi) is 3.11. The third kappa shape index (κ3) is 2.35. The van der Waals surface area contributed by atoms with Gasteiger partial charge in [0.25, 0.3) is 0 Å². The highest BCUT2D eigenvalue weighted by Crippen LogP contribution is 2.40. The van der Waals surface area contributed by atoms with Crippen molar-refractivity contribution in [3.63, 3.8) is 0 Å². The van der Waals surface area contributed by atoms with E-state index in [-0.39, 0.29) is 18.0 Å². The fourth-order valence-corrected chi connectivity index (χ4v) is 2.36. The largest absolute Gasteiger partial charge is 0.419 e. The van der Waals surface area contributed by atoms with Crippen molar-refractivity contribution < 1.29 is 22.7 Å². The van der Waals surface area contributed by atoms with Gasteiger partial charge in [0.2, 0.25) is 0 Å². The Bertz CT molecular complexity index is 460. The number of benzene rings is 1. The summed E-state index contributed by atoms with van der Waals surface area (Å²) in [7, 11) is 0. The summed E-state index contributed by atoms with van der Waals surface area (Å²) < 4.78 is 50.6. The second kappa shape index (κ2) is 4.20. The van der Waals surface area contributed by atoms with Gasteiger partial charge in [0.05, 0.1) is 11.2 Å². The molecule has 0 aromatic heterocycles. The first-order valence-electron chi connectivity index (χ1n) is 5.57. The van der Waals surface area contributed by atoms with Gasteiger partial charge in [-0.1, -0.05) is 6.07 Å². The predicted octanol–water partition coefficient (Wildman–Crippen LogP) is 2.54. The lowest BCUT2D eigenvalue weighted by Gasteiger charge is -2.23. The van der Waals surface area contributed by atoms with Gasteiger partial charge in [-0.05, 0) is 37.0 Å². The van der Waals surface area contributed by atoms with Gasteiger partial charge >= 0.3 is 6.18 Å². The van der Waals surface area contributed by atoms with Crippen LogP contribution in [0, 0.1) is 5.82 Å². The van der Waals surface area contributed by atoms with Gasteiger partial charge in [0.15, 0.2) is 0 Å². The summed E-state index contributed by atoms with van der Waals surface area (Å²) >= 11 is 0. The van der Waals surface area contributed by atoms with E-state index in [1.807, 2.05) is 0 Å². The zero-order valence-corrected chi connectivity index (χ0v) is 9.47. The van der Waals surface area contributed by atoms with Gasteiger partial charge in [-0.2, -0.15) is 13.2 Å². The maximum atomic E-state index is 13.4. The van der Waals surface area contributed by atoms with Gasteiger partial charge in [0, 0.05) is 6.04 Å². The van der Waals surface area contributed by atoms with Gasteiger partial charge in [-0.15, -0.1) is 0 Å². The molecule has 0 bridgehead atoms. The number of aliphatic hydroxyl groups is 1. The van der Waals surface area contributed by atoms with Crippen molar-refractivity contribution in [3.05, 3.63) is 35.1 Å². The molecular formula is C12H13F4NO. The van der Waals surface area contributed by atoms with Gasteiger partial charge in [-0.25, -0.2) is 4.39 Å². The Morgan fingerprint density at radius 1 is 1.33 bits per heavy atom. The van der Waals surface area contributed by atoms with E-state index in [1.165, 1.54) is 0 Å². The van der Waals surface area contributed by atoms with Crippen LogP contribution >= 0.6 is 0 Å². The molecule has 1 fully saturated rings. The molecule has 0 heterocycles. The van der Waals surface area contributed by atoms with E-state index in [0.717, 1.165) is 12.1 Å². The summed E-state index contributed by atoms with van der Waals surface area (Å²) in [5.74, 6) is -1.37. The molecule has 0 aliphatic heterocycles. The molecule has 2 unspecified atom stereocenters. The van der Waals surface area contributed by atoms with Crippen LogP contribution in [-0.4, -0.2) is 11.1 Å². The van der Waals surface area contributed by atoms with Crippen LogP contribution in [0.4, 0.5) is 17.6 Å². The zero-order chi connectivity index (χ0) is 13.6. The monoisotopic (exact) mass is 263 g/mol. The van der Waals surface area contributed by atoms with E-state index in [2.05, 4.69) is 0 Å². The van der Waals surface area contributed by atoms with E-state index < -0.39 is 23.2 Å². The topological polar surface area (TPSA) is 46.2 Å². The minimum Gasteiger partial charge on any atom is -0.385 e. The SMILES string of the molecule is NC1CCC(O)(c2ccc(C(F)(F)F)c(F)c2)C1. The summed E-state index contributed by atoms with van der Waals surface area (Å²) in [5, 5.41) is 10.2. The van der Waals surface area contributed by atoms with Crippen LogP contribution in [-0.2, 0) is 11.8 Å². The highest BCUT2D eigenvalue weighted by atomic mass is 19.4. The molecule has 2 nitrogen and oxygen atoms in total. The lowest BCUT2D eigenvalue weighted by molar-refractivity contribution is -0.140. The molecule has 0 spiro atoms. The van der Waals surface area contributed by atoms with E-state index in [0.29, 0.717) is 18.9 Å².